The molecule has 0 radical (unpaired) electrons. The van der Waals surface area contributed by atoms with Crippen LogP contribution in [0.4, 0.5) is 16.2 Å². The first-order valence-corrected chi connectivity index (χ1v) is 8.45. The SMILES string of the molecule is Nc1ncc2c(F)cc(N3CCCCC3)n2n1.OC1CCCOC1. The van der Waals surface area contributed by atoms with Crippen LogP contribution in [0.5, 0.6) is 0 Å². The molecule has 0 saturated carbocycles. The predicted molar refractivity (Wildman–Crippen MR) is 89.5 cm³/mol. The van der Waals surface area contributed by atoms with E-state index in [1.54, 1.807) is 4.52 Å². The number of nitrogens with two attached hydrogens (primary N) is 1. The fourth-order valence-corrected chi connectivity index (χ4v) is 3.02. The molecular formula is C16H24FN5O2. The molecule has 7 nitrogen and oxygen atoms in total. The van der Waals surface area contributed by atoms with Crippen molar-refractivity contribution in [3.8, 4) is 0 Å². The lowest BCUT2D eigenvalue weighted by Gasteiger charge is -2.27. The second-order valence-electron chi connectivity index (χ2n) is 6.18. The summed E-state index contributed by atoms with van der Waals surface area (Å²) in [6.45, 7) is 3.25. The summed E-state index contributed by atoms with van der Waals surface area (Å²) in [6, 6.07) is 1.51. The van der Waals surface area contributed by atoms with Gasteiger partial charge in [-0.1, -0.05) is 0 Å². The molecule has 2 aliphatic heterocycles. The van der Waals surface area contributed by atoms with Crippen LogP contribution in [0, 0.1) is 5.82 Å². The van der Waals surface area contributed by atoms with Crippen LogP contribution in [-0.4, -0.2) is 52.1 Å². The zero-order valence-corrected chi connectivity index (χ0v) is 13.7. The number of hydrogen-bond acceptors (Lipinski definition) is 6. The van der Waals surface area contributed by atoms with Crippen LogP contribution in [0.25, 0.3) is 5.52 Å². The van der Waals surface area contributed by atoms with E-state index in [9.17, 15) is 4.39 Å². The first kappa shape index (κ1) is 16.9. The van der Waals surface area contributed by atoms with Crippen LogP contribution in [0.2, 0.25) is 0 Å². The molecule has 0 amide bonds. The average Bonchev–Trinajstić information content (AvgIpc) is 2.93. The first-order chi connectivity index (χ1) is 11.6. The van der Waals surface area contributed by atoms with Gasteiger partial charge in [0.25, 0.3) is 0 Å². The van der Waals surface area contributed by atoms with E-state index in [2.05, 4.69) is 15.0 Å². The van der Waals surface area contributed by atoms with Gasteiger partial charge < -0.3 is 20.5 Å². The fraction of sp³-hybridized carbons (Fsp3) is 0.625. The number of nitrogens with zero attached hydrogens (tertiary/aromatic N) is 4. The third-order valence-electron chi connectivity index (χ3n) is 4.28. The van der Waals surface area contributed by atoms with E-state index < -0.39 is 0 Å². The molecule has 2 fully saturated rings. The van der Waals surface area contributed by atoms with Crippen molar-refractivity contribution in [1.82, 2.24) is 14.6 Å². The van der Waals surface area contributed by atoms with Crippen molar-refractivity contribution in [2.75, 3.05) is 36.9 Å². The maximum atomic E-state index is 13.7. The second kappa shape index (κ2) is 7.76. The molecule has 0 aromatic carbocycles. The quantitative estimate of drug-likeness (QED) is 0.822. The van der Waals surface area contributed by atoms with Gasteiger partial charge in [-0.3, -0.25) is 0 Å². The van der Waals surface area contributed by atoms with E-state index in [0.29, 0.717) is 12.1 Å². The van der Waals surface area contributed by atoms with Gasteiger partial charge in [-0.15, -0.1) is 5.10 Å². The van der Waals surface area contributed by atoms with Crippen LogP contribution in [0.15, 0.2) is 12.3 Å². The minimum Gasteiger partial charge on any atom is -0.391 e. The third-order valence-corrected chi connectivity index (χ3v) is 4.28. The van der Waals surface area contributed by atoms with E-state index in [1.165, 1.54) is 18.7 Å². The molecule has 4 rings (SSSR count). The highest BCUT2D eigenvalue weighted by atomic mass is 19.1. The number of hydrogen-bond donors (Lipinski definition) is 2. The van der Waals surface area contributed by atoms with E-state index in [0.717, 1.165) is 51.2 Å². The van der Waals surface area contributed by atoms with Gasteiger partial charge in [0, 0.05) is 25.8 Å². The van der Waals surface area contributed by atoms with Crippen molar-refractivity contribution in [2.24, 2.45) is 0 Å². The number of fused-ring (bicyclic) bond motifs is 1. The third kappa shape index (κ3) is 3.93. The summed E-state index contributed by atoms with van der Waals surface area (Å²) in [7, 11) is 0. The number of halogens is 1. The van der Waals surface area contributed by atoms with E-state index in [4.69, 9.17) is 15.6 Å². The van der Waals surface area contributed by atoms with Gasteiger partial charge in [-0.2, -0.15) is 0 Å². The molecule has 0 spiro atoms. The van der Waals surface area contributed by atoms with Gasteiger partial charge in [0.2, 0.25) is 5.95 Å². The molecule has 8 heteroatoms. The highest BCUT2D eigenvalue weighted by Crippen LogP contribution is 2.24. The lowest BCUT2D eigenvalue weighted by molar-refractivity contribution is -0.00535. The molecule has 1 unspecified atom stereocenters. The topological polar surface area (TPSA) is 88.9 Å². The molecule has 2 aliphatic rings. The van der Waals surface area contributed by atoms with Gasteiger partial charge >= 0.3 is 0 Å². The summed E-state index contributed by atoms with van der Waals surface area (Å²) in [6.07, 6.45) is 6.67. The molecule has 0 bridgehead atoms. The Morgan fingerprint density at radius 2 is 2.04 bits per heavy atom. The summed E-state index contributed by atoms with van der Waals surface area (Å²) in [5.74, 6) is 0.628. The molecule has 24 heavy (non-hydrogen) atoms. The Balaban J connectivity index is 0.000000203. The number of anilines is 2. The van der Waals surface area contributed by atoms with Gasteiger partial charge in [0.1, 0.15) is 11.3 Å². The largest absolute Gasteiger partial charge is 0.391 e. The first-order valence-electron chi connectivity index (χ1n) is 8.45. The minimum absolute atomic E-state index is 0.159. The van der Waals surface area contributed by atoms with Crippen molar-refractivity contribution in [2.45, 2.75) is 38.2 Å². The highest BCUT2D eigenvalue weighted by Gasteiger charge is 2.18. The Morgan fingerprint density at radius 3 is 2.67 bits per heavy atom. The van der Waals surface area contributed by atoms with Crippen LogP contribution in [-0.2, 0) is 4.74 Å². The standard InChI is InChI=1S/C11H14FN5.C5H10O2/c12-8-6-10(16-4-2-1-3-5-16)17-9(8)7-14-11(13)15-17;6-5-2-1-3-7-4-5/h6-7H,1-5H2,(H2,13,15);5-6H,1-4H2. The lowest BCUT2D eigenvalue weighted by Crippen LogP contribution is -2.30. The predicted octanol–water partition coefficient (Wildman–Crippen LogP) is 1.60. The van der Waals surface area contributed by atoms with Crippen LogP contribution in [0.1, 0.15) is 32.1 Å². The molecule has 1 atom stereocenters. The maximum absolute atomic E-state index is 13.7. The molecule has 0 aliphatic carbocycles. The van der Waals surface area contributed by atoms with Crippen molar-refractivity contribution < 1.29 is 14.2 Å². The number of aliphatic hydroxyl groups is 1. The highest BCUT2D eigenvalue weighted by molar-refractivity contribution is 5.58. The zero-order valence-electron chi connectivity index (χ0n) is 13.7. The smallest absolute Gasteiger partial charge is 0.238 e. The lowest BCUT2D eigenvalue weighted by atomic mass is 10.1. The molecule has 132 valence electrons. The van der Waals surface area contributed by atoms with Crippen LogP contribution < -0.4 is 10.6 Å². The van der Waals surface area contributed by atoms with Crippen molar-refractivity contribution in [3.05, 3.63) is 18.1 Å². The summed E-state index contributed by atoms with van der Waals surface area (Å²) < 4.78 is 20.2. The van der Waals surface area contributed by atoms with Crippen molar-refractivity contribution >= 4 is 17.3 Å². The molecular weight excluding hydrogens is 313 g/mol. The zero-order chi connectivity index (χ0) is 16.9. The van der Waals surface area contributed by atoms with E-state index in [-0.39, 0.29) is 17.9 Å². The Kier molecular flexibility index (Phi) is 5.47. The Morgan fingerprint density at radius 1 is 1.25 bits per heavy atom. The summed E-state index contributed by atoms with van der Waals surface area (Å²) in [5.41, 5.74) is 5.92. The van der Waals surface area contributed by atoms with Crippen molar-refractivity contribution in [1.29, 1.82) is 0 Å². The maximum Gasteiger partial charge on any atom is 0.238 e. The van der Waals surface area contributed by atoms with Crippen molar-refractivity contribution in [3.63, 3.8) is 0 Å². The molecule has 2 saturated heterocycles. The van der Waals surface area contributed by atoms with Crippen LogP contribution >= 0.6 is 0 Å². The van der Waals surface area contributed by atoms with E-state index in [1.807, 2.05) is 0 Å². The normalized spacial score (nSPS) is 21.4. The number of aromatic nitrogens is 3. The number of piperidine rings is 1. The molecule has 3 N–H and O–H groups in total. The van der Waals surface area contributed by atoms with Gasteiger partial charge in [0.15, 0.2) is 5.82 Å². The minimum atomic E-state index is -0.300. The number of rotatable bonds is 1. The summed E-state index contributed by atoms with van der Waals surface area (Å²) >= 11 is 0. The summed E-state index contributed by atoms with van der Waals surface area (Å²) in [5, 5.41) is 12.9. The molecule has 4 heterocycles. The number of aliphatic hydroxyl groups excluding tert-OH is 1. The number of ether oxygens (including phenoxy) is 1. The molecule has 2 aromatic heterocycles. The Labute approximate surface area is 140 Å². The molecule has 2 aromatic rings. The fourth-order valence-electron chi connectivity index (χ4n) is 3.02. The summed E-state index contributed by atoms with van der Waals surface area (Å²) in [4.78, 5) is 5.96. The average molecular weight is 337 g/mol. The van der Waals surface area contributed by atoms with Crippen LogP contribution in [0.3, 0.4) is 0 Å². The Hall–Kier alpha value is -1.93. The monoisotopic (exact) mass is 337 g/mol. The van der Waals surface area contributed by atoms with Gasteiger partial charge in [-0.25, -0.2) is 13.9 Å². The Bertz CT molecular complexity index is 666. The van der Waals surface area contributed by atoms with E-state index >= 15 is 0 Å². The number of nitrogen functional groups attached to an aromatic ring is 1. The second-order valence-corrected chi connectivity index (χ2v) is 6.18. The van der Waals surface area contributed by atoms with Gasteiger partial charge in [-0.05, 0) is 32.1 Å². The van der Waals surface area contributed by atoms with Gasteiger partial charge in [0.05, 0.1) is 18.9 Å².